The van der Waals surface area contributed by atoms with E-state index < -0.39 is 12.5 Å². The molecule has 0 saturated carbocycles. The highest BCUT2D eigenvalue weighted by molar-refractivity contribution is 8.00. The molecule has 1 amide bonds. The Morgan fingerprint density at radius 3 is 2.65 bits per heavy atom. The quantitative estimate of drug-likeness (QED) is 0.744. The fourth-order valence-electron chi connectivity index (χ4n) is 1.88. The molecule has 2 rings (SSSR count). The molecular weight excluding hydrogens is 364 g/mol. The number of aromatic nitrogens is 1. The number of hydrogen-bond donors (Lipinski definition) is 2. The molecule has 2 aromatic rings. The predicted molar refractivity (Wildman–Crippen MR) is 90.5 cm³/mol. The van der Waals surface area contributed by atoms with Crippen molar-refractivity contribution in [2.24, 2.45) is 0 Å². The molecule has 1 heterocycles. The first-order valence-corrected chi connectivity index (χ1v) is 8.00. The molecule has 0 aliphatic rings. The summed E-state index contributed by atoms with van der Waals surface area (Å²) in [5, 5.41) is 20.6. The number of anilines is 2. The molecular formula is C16H11F2N5O2S. The Bertz CT molecular complexity index is 908. The normalized spacial score (nSPS) is 10.0. The molecule has 26 heavy (non-hydrogen) atoms. The van der Waals surface area contributed by atoms with E-state index in [0.29, 0.717) is 0 Å². The number of alkyl halides is 2. The first kappa shape index (κ1) is 19.0. The second-order valence-corrected chi connectivity index (χ2v) is 5.67. The highest BCUT2D eigenvalue weighted by Gasteiger charge is 2.14. The number of para-hydroxylation sites is 2. The number of nitrogens with two attached hydrogens (primary N) is 1. The third-order valence-corrected chi connectivity index (χ3v) is 3.97. The second-order valence-electron chi connectivity index (χ2n) is 4.71. The summed E-state index contributed by atoms with van der Waals surface area (Å²) in [7, 11) is 0. The largest absolute Gasteiger partial charge is 0.433 e. The third-order valence-electron chi connectivity index (χ3n) is 2.98. The van der Waals surface area contributed by atoms with Gasteiger partial charge >= 0.3 is 6.61 Å². The van der Waals surface area contributed by atoms with Crippen LogP contribution in [0, 0.1) is 22.7 Å². The van der Waals surface area contributed by atoms with Crippen molar-refractivity contribution in [3.63, 3.8) is 0 Å². The lowest BCUT2D eigenvalue weighted by Crippen LogP contribution is -2.16. The van der Waals surface area contributed by atoms with Crippen molar-refractivity contribution in [1.82, 2.24) is 4.98 Å². The van der Waals surface area contributed by atoms with Gasteiger partial charge in [-0.1, -0.05) is 23.9 Å². The summed E-state index contributed by atoms with van der Waals surface area (Å²) in [6, 6.07) is 10.7. The fourth-order valence-corrected chi connectivity index (χ4v) is 2.64. The molecule has 0 aliphatic carbocycles. The molecule has 0 spiro atoms. The van der Waals surface area contributed by atoms with Gasteiger partial charge in [-0.25, -0.2) is 4.98 Å². The zero-order valence-corrected chi connectivity index (χ0v) is 13.9. The molecule has 1 aromatic carbocycles. The van der Waals surface area contributed by atoms with E-state index in [2.05, 4.69) is 15.0 Å². The summed E-state index contributed by atoms with van der Waals surface area (Å²) in [5.74, 6) is -0.894. The summed E-state index contributed by atoms with van der Waals surface area (Å²) < 4.78 is 29.1. The molecule has 3 N–H and O–H groups in total. The minimum Gasteiger partial charge on any atom is -0.433 e. The van der Waals surface area contributed by atoms with E-state index in [9.17, 15) is 13.6 Å². The smallest absolute Gasteiger partial charge is 0.387 e. The number of rotatable bonds is 6. The number of hydrogen-bond acceptors (Lipinski definition) is 7. The number of nitriles is 2. The Morgan fingerprint density at radius 2 is 2.00 bits per heavy atom. The number of amides is 1. The minimum atomic E-state index is -3.02. The number of carbonyl (C=O) groups is 1. The van der Waals surface area contributed by atoms with Crippen LogP contribution >= 0.6 is 11.8 Å². The summed E-state index contributed by atoms with van der Waals surface area (Å²) in [6.45, 7) is -3.02. The highest BCUT2D eigenvalue weighted by atomic mass is 32.2. The van der Waals surface area contributed by atoms with Crippen molar-refractivity contribution in [2.45, 2.75) is 11.6 Å². The average molecular weight is 375 g/mol. The molecule has 0 unspecified atom stereocenters. The molecule has 0 bridgehead atoms. The third kappa shape index (κ3) is 4.82. The zero-order valence-electron chi connectivity index (χ0n) is 13.1. The van der Waals surface area contributed by atoms with Crippen molar-refractivity contribution in [3.05, 3.63) is 41.5 Å². The van der Waals surface area contributed by atoms with Crippen LogP contribution in [-0.2, 0) is 4.79 Å². The summed E-state index contributed by atoms with van der Waals surface area (Å²) in [4.78, 5) is 16.0. The lowest BCUT2D eigenvalue weighted by atomic mass is 10.2. The Morgan fingerprint density at radius 1 is 1.31 bits per heavy atom. The maximum Gasteiger partial charge on any atom is 0.387 e. The van der Waals surface area contributed by atoms with Gasteiger partial charge in [-0.3, -0.25) is 4.79 Å². The molecule has 132 valence electrons. The number of nitrogens with zero attached hydrogens (tertiary/aromatic N) is 3. The highest BCUT2D eigenvalue weighted by Crippen LogP contribution is 2.27. The van der Waals surface area contributed by atoms with Gasteiger partial charge < -0.3 is 15.8 Å². The van der Waals surface area contributed by atoms with Gasteiger partial charge in [-0.05, 0) is 18.2 Å². The second kappa shape index (κ2) is 8.65. The monoisotopic (exact) mass is 375 g/mol. The maximum absolute atomic E-state index is 12.4. The van der Waals surface area contributed by atoms with Crippen LogP contribution in [0.25, 0.3) is 0 Å². The average Bonchev–Trinajstić information content (AvgIpc) is 2.61. The molecule has 7 nitrogen and oxygen atoms in total. The van der Waals surface area contributed by atoms with Crippen LogP contribution in [0.3, 0.4) is 0 Å². The number of ether oxygens (including phenoxy) is 1. The summed E-state index contributed by atoms with van der Waals surface area (Å²) in [6.07, 6.45) is 0. The van der Waals surface area contributed by atoms with Gasteiger partial charge in [0.15, 0.2) is 0 Å². The number of carbonyl (C=O) groups excluding carboxylic acids is 1. The van der Waals surface area contributed by atoms with Gasteiger partial charge in [0.2, 0.25) is 5.91 Å². The minimum absolute atomic E-state index is 0.0508. The van der Waals surface area contributed by atoms with E-state index in [1.54, 1.807) is 6.07 Å². The number of halogens is 2. The topological polar surface area (TPSA) is 125 Å². The lowest BCUT2D eigenvalue weighted by molar-refractivity contribution is -0.113. The van der Waals surface area contributed by atoms with Gasteiger partial charge in [0.1, 0.15) is 28.7 Å². The number of pyridine rings is 1. The first-order valence-electron chi connectivity index (χ1n) is 7.01. The molecule has 0 radical (unpaired) electrons. The van der Waals surface area contributed by atoms with Crippen LogP contribution in [-0.4, -0.2) is 23.3 Å². The van der Waals surface area contributed by atoms with Crippen molar-refractivity contribution in [3.8, 4) is 17.9 Å². The van der Waals surface area contributed by atoms with Crippen molar-refractivity contribution in [1.29, 1.82) is 10.5 Å². The molecule has 0 saturated heterocycles. The fraction of sp³-hybridized carbons (Fsp3) is 0.125. The van der Waals surface area contributed by atoms with Gasteiger partial charge in [-0.15, -0.1) is 0 Å². The van der Waals surface area contributed by atoms with Gasteiger partial charge in [0, 0.05) is 0 Å². The van der Waals surface area contributed by atoms with E-state index >= 15 is 0 Å². The van der Waals surface area contributed by atoms with E-state index in [1.165, 1.54) is 24.3 Å². The summed E-state index contributed by atoms with van der Waals surface area (Å²) >= 11 is 0.928. The van der Waals surface area contributed by atoms with E-state index in [4.69, 9.17) is 16.3 Å². The van der Waals surface area contributed by atoms with Crippen LogP contribution in [0.5, 0.6) is 5.75 Å². The zero-order chi connectivity index (χ0) is 19.1. The Labute approximate surface area is 151 Å². The Kier molecular flexibility index (Phi) is 6.31. The predicted octanol–water partition coefficient (Wildman–Crippen LogP) is 2.74. The van der Waals surface area contributed by atoms with Crippen LogP contribution in [0.4, 0.5) is 20.3 Å². The molecule has 1 aromatic heterocycles. The molecule has 0 atom stereocenters. The van der Waals surface area contributed by atoms with E-state index in [-0.39, 0.29) is 39.2 Å². The number of benzene rings is 1. The van der Waals surface area contributed by atoms with Crippen LogP contribution in [0.15, 0.2) is 35.4 Å². The number of thioether (sulfide) groups is 1. The maximum atomic E-state index is 12.4. The van der Waals surface area contributed by atoms with Crippen LogP contribution < -0.4 is 15.8 Å². The van der Waals surface area contributed by atoms with Gasteiger partial charge in [0.05, 0.1) is 22.6 Å². The molecule has 0 fully saturated rings. The Balaban J connectivity index is 2.08. The number of nitrogen functional groups attached to an aromatic ring is 1. The SMILES string of the molecule is N#Cc1cc(C#N)c(SCC(=O)Nc2ccccc2OC(F)F)nc1N. The van der Waals surface area contributed by atoms with Crippen LogP contribution in [0.2, 0.25) is 0 Å². The summed E-state index contributed by atoms with van der Waals surface area (Å²) in [5.41, 5.74) is 5.87. The standard InChI is InChI=1S/C16H11F2N5O2S/c17-16(18)25-12-4-2-1-3-11(12)22-13(24)8-26-15-10(7-20)5-9(6-19)14(21)23-15/h1-5,16H,8H2,(H2,21,23)(H,22,24). The molecule has 0 aliphatic heterocycles. The van der Waals surface area contributed by atoms with E-state index in [0.717, 1.165) is 11.8 Å². The lowest BCUT2D eigenvalue weighted by Gasteiger charge is -2.11. The van der Waals surface area contributed by atoms with Crippen molar-refractivity contribution >= 4 is 29.2 Å². The first-order chi connectivity index (χ1) is 12.4. The van der Waals surface area contributed by atoms with Crippen molar-refractivity contribution in [2.75, 3.05) is 16.8 Å². The van der Waals surface area contributed by atoms with Gasteiger partial charge in [-0.2, -0.15) is 19.3 Å². The molecule has 10 heteroatoms. The Hall–Kier alpha value is -3.37. The van der Waals surface area contributed by atoms with Crippen LogP contribution in [0.1, 0.15) is 11.1 Å². The van der Waals surface area contributed by atoms with E-state index in [1.807, 2.05) is 12.1 Å². The van der Waals surface area contributed by atoms with Gasteiger partial charge in [0.25, 0.3) is 0 Å². The number of nitrogens with one attached hydrogen (secondary N) is 1. The van der Waals surface area contributed by atoms with Crippen molar-refractivity contribution < 1.29 is 18.3 Å².